The first-order chi connectivity index (χ1) is 13.9. The summed E-state index contributed by atoms with van der Waals surface area (Å²) in [6, 6.07) is 8.58. The highest BCUT2D eigenvalue weighted by Gasteiger charge is 2.38. The molecule has 0 aliphatic carbocycles. The van der Waals surface area contributed by atoms with E-state index in [9.17, 15) is 18.0 Å². The highest BCUT2D eigenvalue weighted by atomic mass is 19.4. The number of fused-ring (bicyclic) bond motifs is 1. The van der Waals surface area contributed by atoms with Gasteiger partial charge < -0.3 is 10.2 Å². The van der Waals surface area contributed by atoms with Gasteiger partial charge in [0.05, 0.1) is 12.2 Å². The van der Waals surface area contributed by atoms with Gasteiger partial charge in [-0.05, 0) is 37.1 Å². The van der Waals surface area contributed by atoms with Gasteiger partial charge in [-0.15, -0.1) is 15.3 Å². The van der Waals surface area contributed by atoms with Crippen LogP contribution in [0.25, 0.3) is 5.65 Å². The fourth-order valence-corrected chi connectivity index (χ4v) is 3.32. The summed E-state index contributed by atoms with van der Waals surface area (Å²) in [7, 11) is 0. The first-order valence-corrected chi connectivity index (χ1v) is 9.14. The Bertz CT molecular complexity index is 998. The van der Waals surface area contributed by atoms with E-state index in [0.29, 0.717) is 42.8 Å². The SMILES string of the molecule is O=C(NCc1ccccn1)C1CCN(c2ccc3nnc(C(F)(F)F)n3n2)CC1. The summed E-state index contributed by atoms with van der Waals surface area (Å²) in [5.74, 6) is -0.954. The minimum absolute atomic E-state index is 0.0323. The van der Waals surface area contributed by atoms with Crippen LogP contribution in [0.4, 0.5) is 19.0 Å². The zero-order chi connectivity index (χ0) is 20.4. The average Bonchev–Trinajstić information content (AvgIpc) is 3.17. The summed E-state index contributed by atoms with van der Waals surface area (Å²) in [6.45, 7) is 1.40. The summed E-state index contributed by atoms with van der Waals surface area (Å²) in [5.41, 5.74) is 0.815. The van der Waals surface area contributed by atoms with Gasteiger partial charge in [-0.3, -0.25) is 9.78 Å². The predicted molar refractivity (Wildman–Crippen MR) is 96.8 cm³/mol. The Balaban J connectivity index is 1.38. The number of piperidine rings is 1. The molecule has 4 heterocycles. The van der Waals surface area contributed by atoms with E-state index >= 15 is 0 Å². The molecule has 1 amide bonds. The van der Waals surface area contributed by atoms with E-state index in [1.165, 1.54) is 6.07 Å². The van der Waals surface area contributed by atoms with Crippen LogP contribution in [0, 0.1) is 5.92 Å². The van der Waals surface area contributed by atoms with Gasteiger partial charge >= 0.3 is 6.18 Å². The van der Waals surface area contributed by atoms with E-state index in [0.717, 1.165) is 5.69 Å². The number of carbonyl (C=O) groups excluding carboxylic acids is 1. The van der Waals surface area contributed by atoms with Crippen molar-refractivity contribution in [3.8, 4) is 0 Å². The molecule has 3 aromatic heterocycles. The molecule has 0 radical (unpaired) electrons. The van der Waals surface area contributed by atoms with E-state index < -0.39 is 12.0 Å². The summed E-state index contributed by atoms with van der Waals surface area (Å²) in [4.78, 5) is 18.4. The first-order valence-electron chi connectivity index (χ1n) is 9.14. The molecule has 1 aliphatic rings. The molecule has 152 valence electrons. The fourth-order valence-electron chi connectivity index (χ4n) is 3.32. The van der Waals surface area contributed by atoms with Crippen molar-refractivity contribution in [1.29, 1.82) is 0 Å². The van der Waals surface area contributed by atoms with Crippen molar-refractivity contribution >= 4 is 17.4 Å². The molecule has 1 N–H and O–H groups in total. The third-order valence-electron chi connectivity index (χ3n) is 4.86. The van der Waals surface area contributed by atoms with Crippen LogP contribution in [0.3, 0.4) is 0 Å². The molecule has 1 fully saturated rings. The molecule has 0 spiro atoms. The van der Waals surface area contributed by atoms with E-state index in [1.54, 1.807) is 12.3 Å². The number of hydrogen-bond donors (Lipinski definition) is 1. The Morgan fingerprint density at radius 3 is 2.62 bits per heavy atom. The van der Waals surface area contributed by atoms with Crippen LogP contribution >= 0.6 is 0 Å². The number of aromatic nitrogens is 5. The highest BCUT2D eigenvalue weighted by molar-refractivity contribution is 5.78. The molecule has 1 aliphatic heterocycles. The minimum atomic E-state index is -4.64. The standard InChI is InChI=1S/C18H18F3N7O/c19-18(20,21)17-25-24-14-4-5-15(26-28(14)17)27-9-6-12(7-10-27)16(29)23-11-13-3-1-2-8-22-13/h1-5,8,12H,6-7,9-11H2,(H,23,29). The lowest BCUT2D eigenvalue weighted by molar-refractivity contribution is -0.146. The van der Waals surface area contributed by atoms with E-state index in [1.807, 2.05) is 23.1 Å². The van der Waals surface area contributed by atoms with Crippen LogP contribution in [0.2, 0.25) is 0 Å². The molecule has 0 saturated carbocycles. The zero-order valence-corrected chi connectivity index (χ0v) is 15.3. The molecule has 3 aromatic rings. The van der Waals surface area contributed by atoms with Gasteiger partial charge in [-0.25, -0.2) is 0 Å². The van der Waals surface area contributed by atoms with Gasteiger partial charge in [0.25, 0.3) is 5.82 Å². The van der Waals surface area contributed by atoms with E-state index in [2.05, 4.69) is 25.6 Å². The monoisotopic (exact) mass is 405 g/mol. The summed E-state index contributed by atoms with van der Waals surface area (Å²) in [6.07, 6.45) is -1.79. The Kier molecular flexibility index (Phi) is 5.03. The molecule has 1 saturated heterocycles. The number of nitrogens with one attached hydrogen (secondary N) is 1. The second-order valence-corrected chi connectivity index (χ2v) is 6.78. The second kappa shape index (κ2) is 7.64. The van der Waals surface area contributed by atoms with Crippen molar-refractivity contribution in [2.45, 2.75) is 25.6 Å². The maximum atomic E-state index is 13.0. The summed E-state index contributed by atoms with van der Waals surface area (Å²) < 4.78 is 39.8. The predicted octanol–water partition coefficient (Wildman–Crippen LogP) is 2.07. The number of rotatable bonds is 4. The van der Waals surface area contributed by atoms with Crippen molar-refractivity contribution in [3.63, 3.8) is 0 Å². The van der Waals surface area contributed by atoms with Crippen LogP contribution in [-0.4, -0.2) is 43.8 Å². The smallest absolute Gasteiger partial charge is 0.355 e. The molecular weight excluding hydrogens is 387 g/mol. The third kappa shape index (κ3) is 4.13. The van der Waals surface area contributed by atoms with Gasteiger partial charge in [0, 0.05) is 25.2 Å². The maximum absolute atomic E-state index is 13.0. The Hall–Kier alpha value is -3.24. The molecule has 0 atom stereocenters. The van der Waals surface area contributed by atoms with Gasteiger partial charge in [0.2, 0.25) is 5.91 Å². The third-order valence-corrected chi connectivity index (χ3v) is 4.86. The van der Waals surface area contributed by atoms with Crippen LogP contribution < -0.4 is 10.2 Å². The lowest BCUT2D eigenvalue weighted by atomic mass is 9.96. The van der Waals surface area contributed by atoms with Crippen molar-refractivity contribution in [1.82, 2.24) is 30.1 Å². The molecule has 0 aromatic carbocycles. The number of halogens is 3. The van der Waals surface area contributed by atoms with Crippen molar-refractivity contribution in [2.75, 3.05) is 18.0 Å². The number of nitrogens with zero attached hydrogens (tertiary/aromatic N) is 6. The lowest BCUT2D eigenvalue weighted by Crippen LogP contribution is -2.40. The first kappa shape index (κ1) is 19.1. The Morgan fingerprint density at radius 2 is 1.93 bits per heavy atom. The quantitative estimate of drug-likeness (QED) is 0.715. The normalized spacial score (nSPS) is 15.6. The Morgan fingerprint density at radius 1 is 1.14 bits per heavy atom. The van der Waals surface area contributed by atoms with Crippen molar-refractivity contribution in [3.05, 3.63) is 48.0 Å². The molecule has 11 heteroatoms. The molecule has 0 unspecified atom stereocenters. The number of amides is 1. The molecular formula is C18H18F3N7O. The highest BCUT2D eigenvalue weighted by Crippen LogP contribution is 2.28. The largest absolute Gasteiger partial charge is 0.453 e. The van der Waals surface area contributed by atoms with Crippen LogP contribution in [0.15, 0.2) is 36.5 Å². The number of anilines is 1. The zero-order valence-electron chi connectivity index (χ0n) is 15.3. The summed E-state index contributed by atoms with van der Waals surface area (Å²) in [5, 5.41) is 13.6. The van der Waals surface area contributed by atoms with Crippen molar-refractivity contribution in [2.24, 2.45) is 5.92 Å². The number of hydrogen-bond acceptors (Lipinski definition) is 6. The Labute approximate surface area is 163 Å². The fraction of sp³-hybridized carbons (Fsp3) is 0.389. The lowest BCUT2D eigenvalue weighted by Gasteiger charge is -2.32. The van der Waals surface area contributed by atoms with Crippen LogP contribution in [0.5, 0.6) is 0 Å². The molecule has 4 rings (SSSR count). The minimum Gasteiger partial charge on any atom is -0.355 e. The molecule has 8 nitrogen and oxygen atoms in total. The van der Waals surface area contributed by atoms with Gasteiger partial charge in [0.15, 0.2) is 5.65 Å². The van der Waals surface area contributed by atoms with Crippen molar-refractivity contribution < 1.29 is 18.0 Å². The maximum Gasteiger partial charge on any atom is 0.453 e. The van der Waals surface area contributed by atoms with Gasteiger partial charge in [-0.2, -0.15) is 17.7 Å². The topological polar surface area (TPSA) is 88.3 Å². The number of alkyl halides is 3. The van der Waals surface area contributed by atoms with E-state index in [-0.39, 0.29) is 17.5 Å². The number of carbonyl (C=O) groups is 1. The number of pyridine rings is 1. The van der Waals surface area contributed by atoms with Gasteiger partial charge in [0.1, 0.15) is 5.82 Å². The van der Waals surface area contributed by atoms with Crippen LogP contribution in [0.1, 0.15) is 24.4 Å². The molecule has 0 bridgehead atoms. The van der Waals surface area contributed by atoms with Crippen LogP contribution in [-0.2, 0) is 17.5 Å². The summed E-state index contributed by atoms with van der Waals surface area (Å²) >= 11 is 0. The van der Waals surface area contributed by atoms with Gasteiger partial charge in [-0.1, -0.05) is 6.07 Å². The second-order valence-electron chi connectivity index (χ2n) is 6.78. The average molecular weight is 405 g/mol. The van der Waals surface area contributed by atoms with E-state index in [4.69, 9.17) is 0 Å². The molecule has 29 heavy (non-hydrogen) atoms.